The predicted octanol–water partition coefficient (Wildman–Crippen LogP) is 3.03. The number of benzene rings is 2. The van der Waals surface area contributed by atoms with Gasteiger partial charge >= 0.3 is 6.18 Å². The average Bonchev–Trinajstić information content (AvgIpc) is 3.43. The van der Waals surface area contributed by atoms with Crippen molar-refractivity contribution >= 4 is 23.1 Å². The molecule has 192 valence electrons. The van der Waals surface area contributed by atoms with Gasteiger partial charge in [0.2, 0.25) is 5.91 Å². The van der Waals surface area contributed by atoms with E-state index in [0.29, 0.717) is 5.70 Å². The van der Waals surface area contributed by atoms with Crippen LogP contribution < -0.4 is 21.1 Å². The van der Waals surface area contributed by atoms with Gasteiger partial charge in [0.15, 0.2) is 5.78 Å². The second kappa shape index (κ2) is 10.7. The quantitative estimate of drug-likeness (QED) is 0.450. The van der Waals surface area contributed by atoms with E-state index in [1.807, 2.05) is 0 Å². The molecule has 3 N–H and O–H groups in total. The maximum atomic E-state index is 14.6. The first-order chi connectivity index (χ1) is 17.1. The van der Waals surface area contributed by atoms with Crippen LogP contribution in [0.5, 0.6) is 0 Å². The Morgan fingerprint density at radius 3 is 2.64 bits per heavy atom. The second-order valence-electron chi connectivity index (χ2n) is 8.45. The Bertz CT molecular complexity index is 1170. The van der Waals surface area contributed by atoms with Gasteiger partial charge in [-0.05, 0) is 42.0 Å². The van der Waals surface area contributed by atoms with Gasteiger partial charge in [0.25, 0.3) is 0 Å². The summed E-state index contributed by atoms with van der Waals surface area (Å²) in [5.41, 5.74) is 3.86. The first-order valence-corrected chi connectivity index (χ1v) is 11.1. The molecule has 2 atom stereocenters. The molecule has 4 rings (SSSR count). The van der Waals surface area contributed by atoms with E-state index in [0.717, 1.165) is 12.1 Å². The molecule has 1 fully saturated rings. The summed E-state index contributed by atoms with van der Waals surface area (Å²) in [6.45, 7) is -1.77. The zero-order valence-electron chi connectivity index (χ0n) is 18.9. The Labute approximate surface area is 203 Å². The Kier molecular flexibility index (Phi) is 7.67. The minimum atomic E-state index is -4.52. The maximum absolute atomic E-state index is 14.6. The number of amides is 1. The average molecular weight is 510 g/mol. The zero-order valence-corrected chi connectivity index (χ0v) is 18.9. The molecule has 2 heterocycles. The number of ketones is 1. The molecule has 7 nitrogen and oxygen atoms in total. The number of Topliss-reactive ketones (excluding diaryl/α,β-unsaturated/α-hetero) is 1. The number of carbonyl (C=O) groups is 2. The van der Waals surface area contributed by atoms with Crippen molar-refractivity contribution in [1.82, 2.24) is 16.1 Å². The molecule has 0 bridgehead atoms. The molecule has 36 heavy (non-hydrogen) atoms. The van der Waals surface area contributed by atoms with E-state index >= 15 is 0 Å². The number of alkyl halides is 3. The Morgan fingerprint density at radius 2 is 1.94 bits per heavy atom. The molecule has 1 amide bonds. The smallest absolute Gasteiger partial charge is 0.367 e. The van der Waals surface area contributed by atoms with E-state index < -0.39 is 43.1 Å². The number of halogens is 5. The summed E-state index contributed by atoms with van der Waals surface area (Å²) in [5.74, 6) is -2.10. The summed E-state index contributed by atoms with van der Waals surface area (Å²) in [6, 6.07) is 9.51. The van der Waals surface area contributed by atoms with Crippen molar-refractivity contribution in [2.45, 2.75) is 25.4 Å². The fraction of sp³-hybridized carbons (Fsp3) is 0.333. The van der Waals surface area contributed by atoms with E-state index in [-0.39, 0.29) is 48.0 Å². The predicted molar refractivity (Wildman–Crippen MR) is 120 cm³/mol. The third-order valence-electron chi connectivity index (χ3n) is 5.64. The molecule has 0 spiro atoms. The van der Waals surface area contributed by atoms with E-state index in [2.05, 4.69) is 20.8 Å². The Hall–Kier alpha value is -3.35. The number of para-hydroxylation sites is 1. The normalized spacial score (nSPS) is 20.0. The molecule has 2 aliphatic heterocycles. The summed E-state index contributed by atoms with van der Waals surface area (Å²) in [4.78, 5) is 23.8. The Morgan fingerprint density at radius 1 is 1.17 bits per heavy atom. The van der Waals surface area contributed by atoms with Crippen LogP contribution in [0.4, 0.5) is 27.6 Å². The van der Waals surface area contributed by atoms with E-state index in [9.17, 15) is 31.5 Å². The van der Waals surface area contributed by atoms with Crippen LogP contribution >= 0.6 is 0 Å². The van der Waals surface area contributed by atoms with Gasteiger partial charge in [-0.1, -0.05) is 12.1 Å². The number of nitrogens with zero attached hydrogens (tertiary/aromatic N) is 1. The number of hydrogen-bond donors (Lipinski definition) is 3. The molecular formula is C24H23F5N4O3. The highest BCUT2D eigenvalue weighted by Gasteiger charge is 2.31. The third-order valence-corrected chi connectivity index (χ3v) is 5.64. The van der Waals surface area contributed by atoms with Gasteiger partial charge in [0.1, 0.15) is 18.2 Å². The molecule has 2 aromatic rings. The van der Waals surface area contributed by atoms with E-state index in [4.69, 9.17) is 0 Å². The monoisotopic (exact) mass is 510 g/mol. The molecule has 1 saturated heterocycles. The minimum Gasteiger partial charge on any atom is -0.367 e. The largest absolute Gasteiger partial charge is 0.411 e. The molecule has 0 saturated carbocycles. The van der Waals surface area contributed by atoms with Crippen LogP contribution in [0.3, 0.4) is 0 Å². The van der Waals surface area contributed by atoms with Gasteiger partial charge in [0.05, 0.1) is 30.7 Å². The summed E-state index contributed by atoms with van der Waals surface area (Å²) in [7, 11) is 0. The SMILES string of the molecule is O=C1C[C@H](C(=O)CNC2C=C(c3cc(F)cc(COCC(F)(F)F)c3)N(c3ccccc3F)N2)CN1. The molecule has 0 aromatic heterocycles. The van der Waals surface area contributed by atoms with Gasteiger partial charge in [-0.2, -0.15) is 13.2 Å². The minimum absolute atomic E-state index is 0.0775. The third kappa shape index (κ3) is 6.45. The maximum Gasteiger partial charge on any atom is 0.411 e. The van der Waals surface area contributed by atoms with Crippen molar-refractivity contribution < 1.29 is 36.3 Å². The van der Waals surface area contributed by atoms with Crippen molar-refractivity contribution in [3.63, 3.8) is 0 Å². The van der Waals surface area contributed by atoms with Crippen molar-refractivity contribution in [2.75, 3.05) is 24.7 Å². The number of nitrogens with one attached hydrogen (secondary N) is 3. The highest BCUT2D eigenvalue weighted by Crippen LogP contribution is 2.31. The van der Waals surface area contributed by atoms with Crippen LogP contribution in [0.25, 0.3) is 5.70 Å². The summed E-state index contributed by atoms with van der Waals surface area (Å²) < 4.78 is 70.9. The van der Waals surface area contributed by atoms with Crippen LogP contribution in [0.1, 0.15) is 17.5 Å². The standard InChI is InChI=1S/C24H23F5N4O3/c25-17-6-14(12-36-13-24(27,28)29)5-15(7-17)20-9-22(30-11-21(34)16-8-23(35)31-10-16)32-33(20)19-4-2-1-3-18(19)26/h1-7,9,16,22,30,32H,8,10-13H2,(H,31,35)/t16-,22?/m0/s1. The van der Waals surface area contributed by atoms with Crippen molar-refractivity contribution in [2.24, 2.45) is 5.92 Å². The number of hydrazine groups is 1. The molecule has 2 aromatic carbocycles. The molecule has 2 aliphatic rings. The van der Waals surface area contributed by atoms with Crippen LogP contribution in [0, 0.1) is 17.6 Å². The van der Waals surface area contributed by atoms with Crippen LogP contribution in [-0.2, 0) is 20.9 Å². The second-order valence-corrected chi connectivity index (χ2v) is 8.45. The van der Waals surface area contributed by atoms with Crippen LogP contribution in [0.2, 0.25) is 0 Å². The lowest BCUT2D eigenvalue weighted by Crippen LogP contribution is -2.47. The number of rotatable bonds is 9. The van der Waals surface area contributed by atoms with Crippen LogP contribution in [-0.4, -0.2) is 43.7 Å². The van der Waals surface area contributed by atoms with E-state index in [1.165, 1.54) is 29.3 Å². The summed E-state index contributed by atoms with van der Waals surface area (Å²) >= 11 is 0. The lowest BCUT2D eigenvalue weighted by atomic mass is 10.0. The number of anilines is 1. The first kappa shape index (κ1) is 25.7. The van der Waals surface area contributed by atoms with Gasteiger partial charge in [0, 0.05) is 24.4 Å². The zero-order chi connectivity index (χ0) is 25.9. The van der Waals surface area contributed by atoms with Gasteiger partial charge in [-0.3, -0.25) is 19.9 Å². The highest BCUT2D eigenvalue weighted by atomic mass is 19.4. The highest BCUT2D eigenvalue weighted by molar-refractivity contribution is 5.91. The number of ether oxygens (including phenoxy) is 1. The van der Waals surface area contributed by atoms with Crippen molar-refractivity contribution in [1.29, 1.82) is 0 Å². The fourth-order valence-electron chi connectivity index (χ4n) is 3.99. The summed E-state index contributed by atoms with van der Waals surface area (Å²) in [6.07, 6.45) is -3.47. The molecule has 0 aliphatic carbocycles. The van der Waals surface area contributed by atoms with Crippen molar-refractivity contribution in [3.8, 4) is 0 Å². The molecule has 1 unspecified atom stereocenters. The van der Waals surface area contributed by atoms with E-state index in [1.54, 1.807) is 12.1 Å². The van der Waals surface area contributed by atoms with Gasteiger partial charge in [-0.25, -0.2) is 14.2 Å². The lowest BCUT2D eigenvalue weighted by molar-refractivity contribution is -0.176. The fourth-order valence-corrected chi connectivity index (χ4v) is 3.99. The van der Waals surface area contributed by atoms with Crippen LogP contribution in [0.15, 0.2) is 48.5 Å². The summed E-state index contributed by atoms with van der Waals surface area (Å²) in [5, 5.41) is 6.96. The van der Waals surface area contributed by atoms with Gasteiger partial charge < -0.3 is 10.1 Å². The van der Waals surface area contributed by atoms with Crippen molar-refractivity contribution in [3.05, 3.63) is 71.3 Å². The Balaban J connectivity index is 1.55. The first-order valence-electron chi connectivity index (χ1n) is 11.1. The molecule has 12 heteroatoms. The number of carbonyl (C=O) groups excluding carboxylic acids is 2. The van der Waals surface area contributed by atoms with Gasteiger partial charge in [-0.15, -0.1) is 0 Å². The topological polar surface area (TPSA) is 82.7 Å². The lowest BCUT2D eigenvalue weighted by Gasteiger charge is -2.25. The molecule has 0 radical (unpaired) electrons. The molecular weight excluding hydrogens is 487 g/mol. The number of hydrogen-bond acceptors (Lipinski definition) is 6.